The summed E-state index contributed by atoms with van der Waals surface area (Å²) in [5, 5.41) is 0. The van der Waals surface area contributed by atoms with Crippen molar-refractivity contribution >= 4 is 19.6 Å². The average Bonchev–Trinajstić information content (AvgIpc) is 3.29. The number of unbranched alkanes of at least 4 members (excludes halogenated alkanes) is 13. The van der Waals surface area contributed by atoms with Crippen molar-refractivity contribution in [2.24, 2.45) is 0 Å². The second-order valence-electron chi connectivity index (χ2n) is 12.7. The van der Waals surface area contributed by atoms with Gasteiger partial charge in [-0.1, -0.05) is 109 Å². The van der Waals surface area contributed by atoms with Gasteiger partial charge in [0.1, 0.15) is 17.7 Å². The van der Waals surface area contributed by atoms with Crippen LogP contribution in [0.5, 0.6) is 5.75 Å². The second kappa shape index (κ2) is 18.2. The molecule has 2 aromatic rings. The van der Waals surface area contributed by atoms with Crippen LogP contribution in [-0.4, -0.2) is 40.3 Å². The molecule has 0 spiro atoms. The molecular weight excluding hydrogens is 647 g/mol. The minimum absolute atomic E-state index is 0.0625. The minimum Gasteiger partial charge on any atom is -0.453 e. The van der Waals surface area contributed by atoms with Crippen molar-refractivity contribution < 1.29 is 41.2 Å². The molecule has 1 aromatic heterocycles. The number of hydrogen-bond donors (Lipinski definition) is 1. The highest BCUT2D eigenvalue weighted by atomic mass is 31.2. The summed E-state index contributed by atoms with van der Waals surface area (Å²) in [7, 11) is -4.24. The monoisotopic (exact) mass is 697 g/mol. The predicted molar refractivity (Wildman–Crippen MR) is 177 cm³/mol. The molecule has 14 heteroatoms. The summed E-state index contributed by atoms with van der Waals surface area (Å²) < 4.78 is 72.7. The maximum absolute atomic E-state index is 15.9. The van der Waals surface area contributed by atoms with E-state index < -0.39 is 50.4 Å². The van der Waals surface area contributed by atoms with Crippen molar-refractivity contribution in [1.29, 1.82) is 0 Å². The number of hydrogen-bond acceptors (Lipinski definition) is 10. The molecule has 0 aliphatic carbocycles. The largest absolute Gasteiger partial charge is 0.530 e. The normalized spacial score (nSPS) is 23.0. The van der Waals surface area contributed by atoms with Gasteiger partial charge in [0, 0.05) is 18.2 Å². The molecule has 4 rings (SSSR count). The van der Waals surface area contributed by atoms with Crippen molar-refractivity contribution in [3.8, 4) is 5.75 Å². The molecule has 2 N–H and O–H groups in total. The van der Waals surface area contributed by atoms with Gasteiger partial charge in [-0.2, -0.15) is 13.8 Å². The molecule has 0 radical (unpaired) electrons. The summed E-state index contributed by atoms with van der Waals surface area (Å²) in [4.78, 5) is 28.8. The predicted octanol–water partition coefficient (Wildman–Crippen LogP) is 8.18. The van der Waals surface area contributed by atoms with E-state index in [9.17, 15) is 14.2 Å². The lowest BCUT2D eigenvalue weighted by Gasteiger charge is -2.27. The number of carbonyl (C=O) groups is 1. The van der Waals surface area contributed by atoms with Gasteiger partial charge in [0.25, 0.3) is 0 Å². The first kappa shape index (κ1) is 38.0. The van der Waals surface area contributed by atoms with Gasteiger partial charge in [0.05, 0.1) is 13.2 Å². The SMILES string of the molecule is CCCCCCCCCCCCCCCCC(=O)O[C@@H]1C(COP2(=O)OCc3cccc(C)c3O2)O[C@@H](n2ccc(N)nc2=O)C1(F)F. The van der Waals surface area contributed by atoms with Gasteiger partial charge in [-0.15, -0.1) is 0 Å². The lowest BCUT2D eigenvalue weighted by molar-refractivity contribution is -0.176. The quantitative estimate of drug-likeness (QED) is 0.0818. The van der Waals surface area contributed by atoms with Crippen LogP contribution in [-0.2, 0) is 34.5 Å². The molecule has 48 heavy (non-hydrogen) atoms. The molecule has 268 valence electrons. The van der Waals surface area contributed by atoms with Crippen LogP contribution in [0.4, 0.5) is 14.6 Å². The van der Waals surface area contributed by atoms with Crippen LogP contribution in [0.15, 0.2) is 35.3 Å². The first-order chi connectivity index (χ1) is 23.0. The number of alkyl halides is 2. The number of para-hydroxylation sites is 1. The number of nitrogens with two attached hydrogens (primary N) is 1. The highest BCUT2D eigenvalue weighted by Gasteiger charge is 2.63. The Labute approximate surface area is 281 Å². The topological polar surface area (TPSA) is 141 Å². The van der Waals surface area contributed by atoms with Crippen molar-refractivity contribution in [2.75, 3.05) is 12.3 Å². The van der Waals surface area contributed by atoms with Gasteiger partial charge >= 0.3 is 25.4 Å². The van der Waals surface area contributed by atoms with E-state index >= 15 is 8.78 Å². The van der Waals surface area contributed by atoms with Crippen molar-refractivity contribution in [3.05, 3.63) is 52.1 Å². The first-order valence-corrected chi connectivity index (χ1v) is 18.7. The van der Waals surface area contributed by atoms with Crippen LogP contribution >= 0.6 is 7.82 Å². The molecule has 0 bridgehead atoms. The standard InChI is InChI=1S/C34H50F2N3O8P/c1-3-4-5-6-7-8-9-10-11-12-13-14-15-16-20-29(40)46-31-27(45-32(34(31,35)36)39-22-21-28(37)38-33(39)41)24-44-48(42)43-23-26-19-17-18-25(2)30(26)47-48/h17-19,21-22,27,31-32H,3-16,20,23-24H2,1-2H3,(H2,37,38,41)/t27?,31-,32-,48?/m1/s1. The van der Waals surface area contributed by atoms with Crippen molar-refractivity contribution in [2.45, 2.75) is 141 Å². The Morgan fingerprint density at radius 2 is 1.65 bits per heavy atom. The number of phosphoric acid groups is 1. The summed E-state index contributed by atoms with van der Waals surface area (Å²) in [6, 6.07) is 6.45. The lowest BCUT2D eigenvalue weighted by atomic mass is 10.0. The zero-order chi connectivity index (χ0) is 34.6. The number of aryl methyl sites for hydroxylation is 1. The highest BCUT2D eigenvalue weighted by Crippen LogP contribution is 2.56. The molecule has 2 aliphatic heterocycles. The smallest absolute Gasteiger partial charge is 0.453 e. The first-order valence-electron chi connectivity index (χ1n) is 17.3. The Morgan fingerprint density at radius 1 is 1.02 bits per heavy atom. The number of nitrogen functional groups attached to an aromatic ring is 1. The van der Waals surface area contributed by atoms with E-state index in [0.717, 1.165) is 31.9 Å². The van der Waals surface area contributed by atoms with Crippen LogP contribution in [0.1, 0.15) is 121 Å². The third kappa shape index (κ3) is 10.6. The maximum Gasteiger partial charge on any atom is 0.530 e. The van der Waals surface area contributed by atoms with Gasteiger partial charge in [0.2, 0.25) is 6.23 Å². The Morgan fingerprint density at radius 3 is 2.27 bits per heavy atom. The van der Waals surface area contributed by atoms with Gasteiger partial charge in [-0.05, 0) is 25.0 Å². The Bertz CT molecular complexity index is 1440. The van der Waals surface area contributed by atoms with Gasteiger partial charge in [-0.25, -0.2) is 9.36 Å². The molecule has 3 heterocycles. The molecule has 2 unspecified atom stereocenters. The molecule has 2 aliphatic rings. The third-order valence-electron chi connectivity index (χ3n) is 8.72. The molecule has 1 aromatic carbocycles. The molecular formula is C34H50F2N3O8P. The third-order valence-corrected chi connectivity index (χ3v) is 10.0. The Balaban J connectivity index is 1.28. The van der Waals surface area contributed by atoms with E-state index in [4.69, 9.17) is 28.8 Å². The summed E-state index contributed by atoms with van der Waals surface area (Å²) in [6.07, 6.45) is 11.0. The van der Waals surface area contributed by atoms with E-state index in [-0.39, 0.29) is 18.8 Å². The summed E-state index contributed by atoms with van der Waals surface area (Å²) >= 11 is 0. The fraction of sp³-hybridized carbons (Fsp3) is 0.676. The molecule has 0 amide bonds. The summed E-state index contributed by atoms with van der Waals surface area (Å²) in [5.74, 6) is -4.56. The summed E-state index contributed by atoms with van der Waals surface area (Å²) in [6.45, 7) is 3.16. The fourth-order valence-corrected chi connectivity index (χ4v) is 7.28. The number of aromatic nitrogens is 2. The Kier molecular flexibility index (Phi) is 14.4. The van der Waals surface area contributed by atoms with Crippen LogP contribution < -0.4 is 15.9 Å². The van der Waals surface area contributed by atoms with Gasteiger partial charge in [-0.3, -0.25) is 18.4 Å². The van der Waals surface area contributed by atoms with Gasteiger partial charge < -0.3 is 19.7 Å². The number of carbonyl (C=O) groups excluding carboxylic acids is 1. The number of fused-ring (bicyclic) bond motifs is 1. The van der Waals surface area contributed by atoms with Crippen molar-refractivity contribution in [3.63, 3.8) is 0 Å². The molecule has 1 saturated heterocycles. The number of phosphoric ester groups is 1. The van der Waals surface area contributed by atoms with Crippen LogP contribution in [0, 0.1) is 6.92 Å². The van der Waals surface area contributed by atoms with E-state index in [0.29, 0.717) is 27.9 Å². The molecule has 0 saturated carbocycles. The minimum atomic E-state index is -4.24. The average molecular weight is 698 g/mol. The van der Waals surface area contributed by atoms with E-state index in [2.05, 4.69) is 11.9 Å². The number of benzene rings is 1. The van der Waals surface area contributed by atoms with E-state index in [1.165, 1.54) is 63.9 Å². The zero-order valence-corrected chi connectivity index (χ0v) is 29.0. The molecule has 1 fully saturated rings. The van der Waals surface area contributed by atoms with Crippen LogP contribution in [0.3, 0.4) is 0 Å². The molecule has 11 nitrogen and oxygen atoms in total. The Hall–Kier alpha value is -2.86. The van der Waals surface area contributed by atoms with Crippen LogP contribution in [0.25, 0.3) is 0 Å². The molecule has 4 atom stereocenters. The number of rotatable bonds is 20. The second-order valence-corrected chi connectivity index (χ2v) is 14.3. The maximum atomic E-state index is 15.9. The lowest BCUT2D eigenvalue weighted by Crippen LogP contribution is -2.44. The number of halogens is 2. The van der Waals surface area contributed by atoms with E-state index in [1.807, 2.05) is 0 Å². The van der Waals surface area contributed by atoms with E-state index in [1.54, 1.807) is 25.1 Å². The number of ether oxygens (including phenoxy) is 2. The number of esters is 1. The highest BCUT2D eigenvalue weighted by molar-refractivity contribution is 7.49. The number of nitrogens with zero attached hydrogens (tertiary/aromatic N) is 2. The van der Waals surface area contributed by atoms with Crippen molar-refractivity contribution in [1.82, 2.24) is 9.55 Å². The fourth-order valence-electron chi connectivity index (χ4n) is 5.99. The van der Waals surface area contributed by atoms with Crippen LogP contribution in [0.2, 0.25) is 0 Å². The zero-order valence-electron chi connectivity index (χ0n) is 28.1. The summed E-state index contributed by atoms with van der Waals surface area (Å²) in [5.41, 5.74) is 5.79. The number of anilines is 1. The van der Waals surface area contributed by atoms with Gasteiger partial charge in [0.15, 0.2) is 6.10 Å².